The van der Waals surface area contributed by atoms with Crippen LogP contribution in [-0.4, -0.2) is 42.5 Å². The highest BCUT2D eigenvalue weighted by atomic mass is 19.3. The van der Waals surface area contributed by atoms with Gasteiger partial charge in [0.2, 0.25) is 0 Å². The monoisotopic (exact) mass is 431 g/mol. The molecule has 7 heteroatoms. The number of alkyl halides is 2. The van der Waals surface area contributed by atoms with E-state index in [0.29, 0.717) is 6.54 Å². The van der Waals surface area contributed by atoms with Gasteiger partial charge in [0, 0.05) is 6.54 Å². The molecule has 2 saturated carbocycles. The molecule has 0 unspecified atom stereocenters. The molecular formula is C24H28F3N3O. The highest BCUT2D eigenvalue weighted by Gasteiger charge is 2.58. The van der Waals surface area contributed by atoms with Crippen LogP contribution in [0.1, 0.15) is 50.1 Å². The van der Waals surface area contributed by atoms with Gasteiger partial charge in [-0.25, -0.2) is 18.0 Å². The number of urea groups is 1. The summed E-state index contributed by atoms with van der Waals surface area (Å²) in [5.41, 5.74) is 3.45. The maximum absolute atomic E-state index is 14.3. The number of hydrogen-bond acceptors (Lipinski definition) is 2. The Kier molecular flexibility index (Phi) is 4.92. The van der Waals surface area contributed by atoms with E-state index in [4.69, 9.17) is 0 Å². The molecule has 1 aromatic rings. The summed E-state index contributed by atoms with van der Waals surface area (Å²) in [6.07, 6.45) is 9.95. The summed E-state index contributed by atoms with van der Waals surface area (Å²) in [5, 5.41) is 5.17. The Balaban J connectivity index is 1.42. The molecule has 0 radical (unpaired) electrons. The van der Waals surface area contributed by atoms with Gasteiger partial charge in [-0.05, 0) is 67.8 Å². The average Bonchev–Trinajstić information content (AvgIpc) is 2.74. The van der Waals surface area contributed by atoms with Crippen LogP contribution in [0.4, 0.5) is 18.0 Å². The molecule has 5 rings (SSSR count). The fourth-order valence-electron chi connectivity index (χ4n) is 5.57. The number of nitrogens with one attached hydrogen (secondary N) is 2. The number of amides is 2. The van der Waals surface area contributed by atoms with E-state index >= 15 is 0 Å². The number of carbonyl (C=O) groups excluding carboxylic acids is 1. The molecule has 4 nitrogen and oxygen atoms in total. The van der Waals surface area contributed by atoms with Crippen LogP contribution in [0.25, 0.3) is 0 Å². The predicted octanol–water partition coefficient (Wildman–Crippen LogP) is 4.70. The topological polar surface area (TPSA) is 44.4 Å². The van der Waals surface area contributed by atoms with Gasteiger partial charge in [-0.2, -0.15) is 0 Å². The van der Waals surface area contributed by atoms with Gasteiger partial charge in [0.25, 0.3) is 5.92 Å². The third-order valence-electron chi connectivity index (χ3n) is 7.69. The summed E-state index contributed by atoms with van der Waals surface area (Å²) in [7, 11) is 1.50. The molecule has 3 atom stereocenters. The zero-order valence-electron chi connectivity index (χ0n) is 17.6. The van der Waals surface area contributed by atoms with Crippen LogP contribution in [0.15, 0.2) is 47.6 Å². The van der Waals surface area contributed by atoms with Crippen molar-refractivity contribution in [3.8, 4) is 0 Å². The van der Waals surface area contributed by atoms with E-state index in [-0.39, 0.29) is 17.7 Å². The lowest BCUT2D eigenvalue weighted by atomic mass is 9.61. The average molecular weight is 432 g/mol. The first kappa shape index (κ1) is 20.6. The minimum Gasteiger partial charge on any atom is -0.329 e. The second kappa shape index (κ2) is 7.40. The van der Waals surface area contributed by atoms with Gasteiger partial charge in [0.15, 0.2) is 0 Å². The number of allylic oxidation sites excluding steroid dienone is 1. The minimum absolute atomic E-state index is 0.195. The first-order valence-electron chi connectivity index (χ1n) is 11.1. The van der Waals surface area contributed by atoms with E-state index in [1.54, 1.807) is 17.0 Å². The zero-order chi connectivity index (χ0) is 21.8. The molecule has 31 heavy (non-hydrogen) atoms. The summed E-state index contributed by atoms with van der Waals surface area (Å²) in [4.78, 5) is 14.8. The summed E-state index contributed by atoms with van der Waals surface area (Å²) in [6, 6.07) is 3.17. The Morgan fingerprint density at radius 3 is 2.52 bits per heavy atom. The molecule has 1 aromatic carbocycles. The van der Waals surface area contributed by atoms with Gasteiger partial charge in [0.1, 0.15) is 5.82 Å². The van der Waals surface area contributed by atoms with Gasteiger partial charge in [0.05, 0.1) is 18.1 Å². The third-order valence-corrected chi connectivity index (χ3v) is 7.69. The first-order valence-corrected chi connectivity index (χ1v) is 11.1. The van der Waals surface area contributed by atoms with Crippen molar-refractivity contribution < 1.29 is 18.0 Å². The van der Waals surface area contributed by atoms with Crippen LogP contribution in [0, 0.1) is 11.2 Å². The highest BCUT2D eigenvalue weighted by molar-refractivity contribution is 5.77. The molecule has 0 saturated heterocycles. The molecule has 2 amide bonds. The van der Waals surface area contributed by atoms with Crippen LogP contribution in [0.2, 0.25) is 0 Å². The largest absolute Gasteiger partial charge is 0.329 e. The van der Waals surface area contributed by atoms with Crippen molar-refractivity contribution in [2.45, 2.75) is 62.6 Å². The molecule has 4 aliphatic rings. The first-order chi connectivity index (χ1) is 14.8. The lowest BCUT2D eigenvalue weighted by Crippen LogP contribution is -2.69. The van der Waals surface area contributed by atoms with E-state index in [9.17, 15) is 18.0 Å². The van der Waals surface area contributed by atoms with Crippen LogP contribution >= 0.6 is 0 Å². The fraction of sp³-hybridized carbons (Fsp3) is 0.542. The summed E-state index contributed by atoms with van der Waals surface area (Å²) < 4.78 is 42.2. The molecule has 2 N–H and O–H groups in total. The summed E-state index contributed by atoms with van der Waals surface area (Å²) >= 11 is 0. The van der Waals surface area contributed by atoms with Gasteiger partial charge >= 0.3 is 6.03 Å². The molecule has 0 bridgehead atoms. The molecule has 2 fully saturated rings. The fourth-order valence-corrected chi connectivity index (χ4v) is 5.57. The molecule has 1 heterocycles. The molecule has 1 aliphatic heterocycles. The van der Waals surface area contributed by atoms with Crippen molar-refractivity contribution in [1.82, 2.24) is 15.5 Å². The lowest BCUT2D eigenvalue weighted by Gasteiger charge is -2.48. The molecule has 1 spiro atoms. The maximum Gasteiger partial charge on any atom is 0.318 e. The number of nitrogens with zero attached hydrogens (tertiary/aromatic N) is 1. The minimum atomic E-state index is -2.97. The molecule has 0 aromatic heterocycles. The summed E-state index contributed by atoms with van der Waals surface area (Å²) in [5.74, 6) is -3.32. The Morgan fingerprint density at radius 2 is 1.90 bits per heavy atom. The number of benzene rings is 1. The Morgan fingerprint density at radius 1 is 1.16 bits per heavy atom. The van der Waals surface area contributed by atoms with Gasteiger partial charge in [-0.1, -0.05) is 36.3 Å². The van der Waals surface area contributed by atoms with Crippen molar-refractivity contribution >= 4 is 6.03 Å². The van der Waals surface area contributed by atoms with Gasteiger partial charge in [-0.3, -0.25) is 0 Å². The van der Waals surface area contributed by atoms with E-state index in [0.717, 1.165) is 24.0 Å². The SMILES string of the molecule is CN[C@@H]1C[C@H](NC(=O)N2CCC3=C(C=CC4(CCC4)C3)[C@@H]2c2ccc(F)cc2)C1(F)F. The van der Waals surface area contributed by atoms with Crippen LogP contribution in [-0.2, 0) is 0 Å². The van der Waals surface area contributed by atoms with Crippen molar-refractivity contribution in [2.75, 3.05) is 13.6 Å². The quantitative estimate of drug-likeness (QED) is 0.728. The normalized spacial score (nSPS) is 30.5. The predicted molar refractivity (Wildman–Crippen MR) is 112 cm³/mol. The van der Waals surface area contributed by atoms with Crippen molar-refractivity contribution in [3.63, 3.8) is 0 Å². The van der Waals surface area contributed by atoms with Gasteiger partial charge < -0.3 is 15.5 Å². The number of hydrogen-bond donors (Lipinski definition) is 2. The number of rotatable bonds is 3. The Bertz CT molecular complexity index is 936. The summed E-state index contributed by atoms with van der Waals surface area (Å²) in [6.45, 7) is 0.463. The Labute approximate surface area is 180 Å². The van der Waals surface area contributed by atoms with Crippen LogP contribution < -0.4 is 10.6 Å². The van der Waals surface area contributed by atoms with E-state index in [1.807, 2.05) is 0 Å². The van der Waals surface area contributed by atoms with Crippen LogP contribution in [0.5, 0.6) is 0 Å². The van der Waals surface area contributed by atoms with E-state index in [2.05, 4.69) is 22.8 Å². The maximum atomic E-state index is 14.3. The van der Waals surface area contributed by atoms with E-state index < -0.39 is 30.1 Å². The Hall–Kier alpha value is -2.28. The lowest BCUT2D eigenvalue weighted by molar-refractivity contribution is -0.131. The third kappa shape index (κ3) is 3.37. The zero-order valence-corrected chi connectivity index (χ0v) is 17.6. The second-order valence-electron chi connectivity index (χ2n) is 9.44. The molecule has 3 aliphatic carbocycles. The number of carbonyl (C=O) groups is 1. The van der Waals surface area contributed by atoms with Crippen LogP contribution in [0.3, 0.4) is 0 Å². The molecule has 166 valence electrons. The van der Waals surface area contributed by atoms with Gasteiger partial charge in [-0.15, -0.1) is 0 Å². The van der Waals surface area contributed by atoms with E-state index in [1.165, 1.54) is 44.0 Å². The molecular weight excluding hydrogens is 403 g/mol. The highest BCUT2D eigenvalue weighted by Crippen LogP contribution is 2.53. The van der Waals surface area contributed by atoms with Crippen molar-refractivity contribution in [1.29, 1.82) is 0 Å². The standard InChI is InChI=1S/C24H28F3N3O/c1-28-19-13-20(24(19,26)27)29-22(31)30-12-8-16-14-23(9-2-10-23)11-7-18(16)21(30)15-3-5-17(25)6-4-15/h3-7,11,19-21,28H,2,8-10,12-14H2,1H3,(H,29,31)/t19-,20+,21+/m1/s1. The second-order valence-corrected chi connectivity index (χ2v) is 9.44. The van der Waals surface area contributed by atoms with Crippen molar-refractivity contribution in [2.24, 2.45) is 5.41 Å². The number of halogens is 3. The van der Waals surface area contributed by atoms with Crippen molar-refractivity contribution in [3.05, 3.63) is 58.9 Å². The smallest absolute Gasteiger partial charge is 0.318 e.